The number of hydrogen-bond acceptors (Lipinski definition) is 1. The molecule has 0 amide bonds. The minimum absolute atomic E-state index is 0.156. The van der Waals surface area contributed by atoms with Crippen LogP contribution >= 0.6 is 0 Å². The Labute approximate surface area is 86.4 Å². The minimum Gasteiger partial charge on any atom is -0.512 e. The number of hydrogen-bond donors (Lipinski definition) is 1. The summed E-state index contributed by atoms with van der Waals surface area (Å²) < 4.78 is 26.1. The number of benzene rings is 1. The molecule has 0 unspecified atom stereocenters. The summed E-state index contributed by atoms with van der Waals surface area (Å²) in [6, 6.07) is 3.34. The summed E-state index contributed by atoms with van der Waals surface area (Å²) in [7, 11) is 0. The Balaban J connectivity index is 2.50. The number of halogens is 2. The van der Waals surface area contributed by atoms with Crippen molar-refractivity contribution in [3.05, 3.63) is 53.3 Å². The van der Waals surface area contributed by atoms with Gasteiger partial charge in [0.2, 0.25) is 0 Å². The molecule has 1 nitrogen and oxygen atoms in total. The summed E-state index contributed by atoms with van der Waals surface area (Å²) in [6.07, 6.45) is 4.77. The Morgan fingerprint density at radius 1 is 1.20 bits per heavy atom. The van der Waals surface area contributed by atoms with Crippen LogP contribution in [0.15, 0.2) is 36.1 Å². The van der Waals surface area contributed by atoms with E-state index in [0.717, 1.165) is 12.5 Å². The van der Waals surface area contributed by atoms with Crippen molar-refractivity contribution in [2.24, 2.45) is 0 Å². The first-order valence-corrected chi connectivity index (χ1v) is 4.72. The number of aliphatic hydroxyl groups excluding tert-OH is 1. The van der Waals surface area contributed by atoms with Crippen LogP contribution in [0.2, 0.25) is 0 Å². The molecule has 1 aromatic rings. The van der Waals surface area contributed by atoms with Gasteiger partial charge in [0.25, 0.3) is 0 Å². The Hall–Kier alpha value is -1.64. The molecular formula is C12H10F2O. The molecule has 0 radical (unpaired) electrons. The van der Waals surface area contributed by atoms with Crippen molar-refractivity contribution in [2.45, 2.75) is 12.8 Å². The molecule has 0 spiro atoms. The molecule has 15 heavy (non-hydrogen) atoms. The van der Waals surface area contributed by atoms with Gasteiger partial charge in [-0.3, -0.25) is 0 Å². The first-order chi connectivity index (χ1) is 7.18. The van der Waals surface area contributed by atoms with Gasteiger partial charge in [-0.25, -0.2) is 8.78 Å². The molecule has 0 fully saturated rings. The highest BCUT2D eigenvalue weighted by atomic mass is 19.1. The van der Waals surface area contributed by atoms with Crippen molar-refractivity contribution in [3.8, 4) is 0 Å². The molecule has 0 saturated carbocycles. The van der Waals surface area contributed by atoms with Crippen LogP contribution in [0.1, 0.15) is 18.4 Å². The highest BCUT2D eigenvalue weighted by Gasteiger charge is 2.13. The van der Waals surface area contributed by atoms with Gasteiger partial charge in [0.05, 0.1) is 0 Å². The van der Waals surface area contributed by atoms with Crippen LogP contribution in [0, 0.1) is 11.6 Å². The maximum Gasteiger partial charge on any atom is 0.134 e. The Bertz CT molecular complexity index is 447. The van der Waals surface area contributed by atoms with Gasteiger partial charge in [0.1, 0.15) is 17.4 Å². The van der Waals surface area contributed by atoms with Crippen LogP contribution < -0.4 is 0 Å². The third-order valence-corrected chi connectivity index (χ3v) is 2.36. The maximum absolute atomic E-state index is 13.4. The summed E-state index contributed by atoms with van der Waals surface area (Å²) in [5, 5.41) is 9.58. The van der Waals surface area contributed by atoms with E-state index in [9.17, 15) is 13.9 Å². The lowest BCUT2D eigenvalue weighted by molar-refractivity contribution is 0.390. The number of rotatable bonds is 1. The van der Waals surface area contributed by atoms with E-state index in [1.165, 1.54) is 12.1 Å². The van der Waals surface area contributed by atoms with Crippen LogP contribution in [0.4, 0.5) is 8.78 Å². The maximum atomic E-state index is 13.4. The van der Waals surface area contributed by atoms with Crippen molar-refractivity contribution in [2.75, 3.05) is 0 Å². The molecule has 0 aromatic heterocycles. The number of aliphatic hydroxyl groups is 1. The SMILES string of the molecule is OC1=C(c2ccc(F)cc2F)C=CCC1. The van der Waals surface area contributed by atoms with Gasteiger partial charge < -0.3 is 5.11 Å². The van der Waals surface area contributed by atoms with Crippen LogP contribution in [-0.4, -0.2) is 5.11 Å². The van der Waals surface area contributed by atoms with Crippen molar-refractivity contribution in [1.29, 1.82) is 0 Å². The second-order valence-corrected chi connectivity index (χ2v) is 3.43. The van der Waals surface area contributed by atoms with Gasteiger partial charge in [-0.05, 0) is 18.6 Å². The lowest BCUT2D eigenvalue weighted by Crippen LogP contribution is -1.97. The van der Waals surface area contributed by atoms with Crippen molar-refractivity contribution >= 4 is 5.57 Å². The summed E-state index contributed by atoms with van der Waals surface area (Å²) in [6.45, 7) is 0. The van der Waals surface area contributed by atoms with E-state index in [0.29, 0.717) is 12.0 Å². The third-order valence-electron chi connectivity index (χ3n) is 2.36. The van der Waals surface area contributed by atoms with Crippen LogP contribution in [0.25, 0.3) is 5.57 Å². The van der Waals surface area contributed by atoms with E-state index in [-0.39, 0.29) is 11.3 Å². The molecule has 0 heterocycles. The molecule has 78 valence electrons. The van der Waals surface area contributed by atoms with Gasteiger partial charge >= 0.3 is 0 Å². The fraction of sp³-hybridized carbons (Fsp3) is 0.167. The fourth-order valence-electron chi connectivity index (χ4n) is 1.61. The normalized spacial score (nSPS) is 15.9. The molecule has 3 heteroatoms. The van der Waals surface area contributed by atoms with E-state index in [4.69, 9.17) is 0 Å². The smallest absolute Gasteiger partial charge is 0.134 e. The molecule has 2 rings (SSSR count). The highest BCUT2D eigenvalue weighted by Crippen LogP contribution is 2.27. The van der Waals surface area contributed by atoms with Gasteiger partial charge in [0.15, 0.2) is 0 Å². The Morgan fingerprint density at radius 2 is 2.00 bits per heavy atom. The minimum atomic E-state index is -0.650. The zero-order valence-corrected chi connectivity index (χ0v) is 8.00. The van der Waals surface area contributed by atoms with Gasteiger partial charge in [-0.2, -0.15) is 0 Å². The fourth-order valence-corrected chi connectivity index (χ4v) is 1.61. The zero-order valence-electron chi connectivity index (χ0n) is 8.00. The van der Waals surface area contributed by atoms with Crippen molar-refractivity contribution in [3.63, 3.8) is 0 Å². The molecule has 0 atom stereocenters. The first kappa shape index (κ1) is 9.90. The quantitative estimate of drug-likeness (QED) is 0.747. The van der Waals surface area contributed by atoms with E-state index < -0.39 is 11.6 Å². The third kappa shape index (κ3) is 1.91. The van der Waals surface area contributed by atoms with Crippen molar-refractivity contribution < 1.29 is 13.9 Å². The molecule has 1 aliphatic rings. The van der Waals surface area contributed by atoms with Gasteiger partial charge in [-0.1, -0.05) is 12.2 Å². The van der Waals surface area contributed by atoms with Crippen molar-refractivity contribution in [1.82, 2.24) is 0 Å². The molecule has 0 saturated heterocycles. The summed E-state index contributed by atoms with van der Waals surface area (Å²) in [5.41, 5.74) is 0.684. The Morgan fingerprint density at radius 3 is 2.67 bits per heavy atom. The topological polar surface area (TPSA) is 20.2 Å². The molecule has 0 aliphatic heterocycles. The van der Waals surface area contributed by atoms with Crippen LogP contribution in [-0.2, 0) is 0 Å². The molecule has 0 bridgehead atoms. The lowest BCUT2D eigenvalue weighted by Gasteiger charge is -2.11. The Kier molecular flexibility index (Phi) is 2.54. The van der Waals surface area contributed by atoms with E-state index >= 15 is 0 Å². The van der Waals surface area contributed by atoms with E-state index in [1.54, 1.807) is 6.08 Å². The van der Waals surface area contributed by atoms with Crippen LogP contribution in [0.3, 0.4) is 0 Å². The lowest BCUT2D eigenvalue weighted by atomic mass is 9.97. The second kappa shape index (κ2) is 3.85. The summed E-state index contributed by atoms with van der Waals surface area (Å²) in [4.78, 5) is 0. The number of allylic oxidation sites excluding steroid dienone is 4. The average Bonchev–Trinajstić information content (AvgIpc) is 2.20. The van der Waals surface area contributed by atoms with Gasteiger partial charge in [-0.15, -0.1) is 0 Å². The highest BCUT2D eigenvalue weighted by molar-refractivity contribution is 5.76. The first-order valence-electron chi connectivity index (χ1n) is 4.72. The summed E-state index contributed by atoms with van der Waals surface area (Å²) >= 11 is 0. The predicted octanol–water partition coefficient (Wildman–Crippen LogP) is 3.58. The molecular weight excluding hydrogens is 198 g/mol. The molecule has 1 aromatic carbocycles. The predicted molar refractivity (Wildman–Crippen MR) is 54.3 cm³/mol. The largest absolute Gasteiger partial charge is 0.512 e. The van der Waals surface area contributed by atoms with E-state index in [2.05, 4.69) is 0 Å². The molecule has 1 N–H and O–H groups in total. The average molecular weight is 208 g/mol. The second-order valence-electron chi connectivity index (χ2n) is 3.43. The van der Waals surface area contributed by atoms with Gasteiger partial charge in [0, 0.05) is 23.6 Å². The zero-order chi connectivity index (χ0) is 10.8. The summed E-state index contributed by atoms with van der Waals surface area (Å²) in [5.74, 6) is -1.11. The van der Waals surface area contributed by atoms with E-state index in [1.807, 2.05) is 6.08 Å². The molecule has 1 aliphatic carbocycles. The van der Waals surface area contributed by atoms with Crippen LogP contribution in [0.5, 0.6) is 0 Å². The standard InChI is InChI=1S/C12H10F2O/c13-8-5-6-9(11(14)7-8)10-3-1-2-4-12(10)15/h1,3,5-7,15H,2,4H2. The monoisotopic (exact) mass is 208 g/mol.